The van der Waals surface area contributed by atoms with Gasteiger partial charge in [-0.05, 0) is 54.8 Å². The molecule has 3 nitrogen and oxygen atoms in total. The van der Waals surface area contributed by atoms with E-state index in [1.54, 1.807) is 30.3 Å². The van der Waals surface area contributed by atoms with Crippen molar-refractivity contribution in [3.8, 4) is 11.3 Å². The average Bonchev–Trinajstić information content (AvgIpc) is 3.06. The van der Waals surface area contributed by atoms with Crippen LogP contribution in [0.15, 0.2) is 52.9 Å². The highest BCUT2D eigenvalue weighted by molar-refractivity contribution is 6.36. The van der Waals surface area contributed by atoms with E-state index in [1.165, 1.54) is 0 Å². The Bertz CT molecular complexity index is 931. The summed E-state index contributed by atoms with van der Waals surface area (Å²) in [4.78, 5) is 12.6. The van der Waals surface area contributed by atoms with Crippen molar-refractivity contribution in [1.29, 1.82) is 0 Å². The van der Waals surface area contributed by atoms with Crippen molar-refractivity contribution >= 4 is 34.8 Å². The highest BCUT2D eigenvalue weighted by atomic mass is 35.5. The molecular weight excluding hydrogens is 357 g/mol. The molecule has 128 valence electrons. The molecule has 0 bridgehead atoms. The lowest BCUT2D eigenvalue weighted by molar-refractivity contribution is 0.0997. The van der Waals surface area contributed by atoms with Gasteiger partial charge in [-0.1, -0.05) is 48.3 Å². The van der Waals surface area contributed by atoms with Crippen LogP contribution in [0.25, 0.3) is 11.3 Å². The standard InChI is InChI=1S/C20H17Cl2NO2/c1-3-13-6-4-5-12(2)19(13)23-20(24)18-10-9-17(25-18)15-8-7-14(21)11-16(15)22/h4-11H,3H2,1-2H3,(H,23,24). The van der Waals surface area contributed by atoms with Crippen LogP contribution in [0.3, 0.4) is 0 Å². The molecule has 5 heteroatoms. The Morgan fingerprint density at radius 3 is 2.64 bits per heavy atom. The maximum Gasteiger partial charge on any atom is 0.291 e. The number of halogens is 2. The minimum absolute atomic E-state index is 0.228. The van der Waals surface area contributed by atoms with Gasteiger partial charge in [-0.3, -0.25) is 4.79 Å². The lowest BCUT2D eigenvalue weighted by Gasteiger charge is -2.12. The first kappa shape index (κ1) is 17.6. The second-order valence-corrected chi connectivity index (χ2v) is 6.55. The molecule has 25 heavy (non-hydrogen) atoms. The Kier molecular flexibility index (Phi) is 5.16. The molecule has 3 rings (SSSR count). The quantitative estimate of drug-likeness (QED) is 0.576. The van der Waals surface area contributed by atoms with Gasteiger partial charge in [0.15, 0.2) is 5.76 Å². The number of aryl methyl sites for hydroxylation is 2. The van der Waals surface area contributed by atoms with Crippen molar-refractivity contribution in [2.45, 2.75) is 20.3 Å². The third kappa shape index (κ3) is 3.73. The van der Waals surface area contributed by atoms with Crippen LogP contribution in [0.5, 0.6) is 0 Å². The monoisotopic (exact) mass is 373 g/mol. The number of para-hydroxylation sites is 1. The van der Waals surface area contributed by atoms with Crippen LogP contribution >= 0.6 is 23.2 Å². The van der Waals surface area contributed by atoms with Gasteiger partial charge in [0.25, 0.3) is 5.91 Å². The molecular formula is C20H17Cl2NO2. The van der Waals surface area contributed by atoms with Gasteiger partial charge in [-0.15, -0.1) is 0 Å². The van der Waals surface area contributed by atoms with Gasteiger partial charge >= 0.3 is 0 Å². The molecule has 1 amide bonds. The van der Waals surface area contributed by atoms with Crippen molar-refractivity contribution in [1.82, 2.24) is 0 Å². The summed E-state index contributed by atoms with van der Waals surface area (Å²) in [6, 6.07) is 14.5. The molecule has 0 aliphatic carbocycles. The van der Waals surface area contributed by atoms with Gasteiger partial charge in [0.05, 0.1) is 5.02 Å². The number of hydrogen-bond acceptors (Lipinski definition) is 2. The van der Waals surface area contributed by atoms with Crippen LogP contribution in [0.4, 0.5) is 5.69 Å². The molecule has 0 aliphatic heterocycles. The Hall–Kier alpha value is -2.23. The first-order valence-corrected chi connectivity index (χ1v) is 8.70. The zero-order valence-electron chi connectivity index (χ0n) is 13.9. The van der Waals surface area contributed by atoms with Gasteiger partial charge in [-0.25, -0.2) is 0 Å². The molecule has 1 aromatic heterocycles. The Balaban J connectivity index is 1.87. The molecule has 3 aromatic rings. The summed E-state index contributed by atoms with van der Waals surface area (Å²) >= 11 is 12.1. The largest absolute Gasteiger partial charge is 0.451 e. The summed E-state index contributed by atoms with van der Waals surface area (Å²) in [5.41, 5.74) is 3.62. The molecule has 0 saturated carbocycles. The van der Waals surface area contributed by atoms with Gasteiger partial charge in [0.2, 0.25) is 0 Å². The maximum absolute atomic E-state index is 12.6. The molecule has 0 spiro atoms. The zero-order valence-corrected chi connectivity index (χ0v) is 15.4. The van der Waals surface area contributed by atoms with Crippen molar-refractivity contribution in [3.05, 3.63) is 75.5 Å². The summed E-state index contributed by atoms with van der Waals surface area (Å²) in [6.45, 7) is 4.02. The number of carbonyl (C=O) groups excluding carboxylic acids is 1. The second kappa shape index (κ2) is 7.34. The number of furan rings is 1. The zero-order chi connectivity index (χ0) is 18.0. The van der Waals surface area contributed by atoms with E-state index in [-0.39, 0.29) is 11.7 Å². The first-order chi connectivity index (χ1) is 12.0. The van der Waals surface area contributed by atoms with Gasteiger partial charge < -0.3 is 9.73 Å². The van der Waals surface area contributed by atoms with Crippen LogP contribution in [0.1, 0.15) is 28.6 Å². The molecule has 1 N–H and O–H groups in total. The van der Waals surface area contributed by atoms with E-state index in [1.807, 2.05) is 25.1 Å². The van der Waals surface area contributed by atoms with E-state index in [4.69, 9.17) is 27.6 Å². The van der Waals surface area contributed by atoms with Crippen molar-refractivity contribution in [3.63, 3.8) is 0 Å². The second-order valence-electron chi connectivity index (χ2n) is 5.70. The molecule has 1 heterocycles. The predicted molar refractivity (Wildman–Crippen MR) is 103 cm³/mol. The van der Waals surface area contributed by atoms with E-state index in [0.717, 1.165) is 23.2 Å². The Morgan fingerprint density at radius 1 is 1.12 bits per heavy atom. The smallest absolute Gasteiger partial charge is 0.291 e. The van der Waals surface area contributed by atoms with Crippen LogP contribution in [-0.2, 0) is 6.42 Å². The van der Waals surface area contributed by atoms with E-state index in [2.05, 4.69) is 12.2 Å². The van der Waals surface area contributed by atoms with E-state index in [0.29, 0.717) is 21.4 Å². The molecule has 0 radical (unpaired) electrons. The molecule has 0 aliphatic rings. The lowest BCUT2D eigenvalue weighted by Crippen LogP contribution is -2.13. The third-order valence-electron chi connectivity index (χ3n) is 4.00. The fourth-order valence-corrected chi connectivity index (χ4v) is 3.17. The molecule has 0 saturated heterocycles. The number of rotatable bonds is 4. The van der Waals surface area contributed by atoms with E-state index < -0.39 is 0 Å². The first-order valence-electron chi connectivity index (χ1n) is 7.94. The Labute approximate surface area is 156 Å². The third-order valence-corrected chi connectivity index (χ3v) is 4.55. The summed E-state index contributed by atoms with van der Waals surface area (Å²) in [6.07, 6.45) is 0.834. The highest BCUT2D eigenvalue weighted by Gasteiger charge is 2.16. The normalized spacial score (nSPS) is 10.7. The van der Waals surface area contributed by atoms with Crippen LogP contribution < -0.4 is 5.32 Å². The molecule has 0 unspecified atom stereocenters. The number of carbonyl (C=O) groups is 1. The minimum Gasteiger partial charge on any atom is -0.451 e. The summed E-state index contributed by atoms with van der Waals surface area (Å²) < 4.78 is 5.70. The van der Waals surface area contributed by atoms with Gasteiger partial charge in [0, 0.05) is 16.3 Å². The number of nitrogens with one attached hydrogen (secondary N) is 1. The lowest BCUT2D eigenvalue weighted by atomic mass is 10.1. The molecule has 0 atom stereocenters. The number of benzene rings is 2. The van der Waals surface area contributed by atoms with Crippen LogP contribution in [0, 0.1) is 6.92 Å². The summed E-state index contributed by atoms with van der Waals surface area (Å²) in [5, 5.41) is 3.97. The van der Waals surface area contributed by atoms with Crippen molar-refractivity contribution in [2.24, 2.45) is 0 Å². The number of amides is 1. The SMILES string of the molecule is CCc1cccc(C)c1NC(=O)c1ccc(-c2ccc(Cl)cc2Cl)o1. The van der Waals surface area contributed by atoms with Crippen molar-refractivity contribution in [2.75, 3.05) is 5.32 Å². The summed E-state index contributed by atoms with van der Waals surface area (Å²) in [5.74, 6) is 0.457. The fourth-order valence-electron chi connectivity index (χ4n) is 2.67. The predicted octanol–water partition coefficient (Wildman–Crippen LogP) is 6.38. The highest BCUT2D eigenvalue weighted by Crippen LogP contribution is 2.32. The van der Waals surface area contributed by atoms with Crippen LogP contribution in [0.2, 0.25) is 10.0 Å². The molecule has 2 aromatic carbocycles. The van der Waals surface area contributed by atoms with Crippen molar-refractivity contribution < 1.29 is 9.21 Å². The topological polar surface area (TPSA) is 42.2 Å². The average molecular weight is 374 g/mol. The van der Waals surface area contributed by atoms with Gasteiger partial charge in [0.1, 0.15) is 5.76 Å². The number of anilines is 1. The van der Waals surface area contributed by atoms with Gasteiger partial charge in [-0.2, -0.15) is 0 Å². The van der Waals surface area contributed by atoms with Crippen LogP contribution in [-0.4, -0.2) is 5.91 Å². The Morgan fingerprint density at radius 2 is 1.92 bits per heavy atom. The summed E-state index contributed by atoms with van der Waals surface area (Å²) in [7, 11) is 0. The number of hydrogen-bond donors (Lipinski definition) is 1. The fraction of sp³-hybridized carbons (Fsp3) is 0.150. The van der Waals surface area contributed by atoms with E-state index in [9.17, 15) is 4.79 Å². The molecule has 0 fully saturated rings. The maximum atomic E-state index is 12.6. The minimum atomic E-state index is -0.291. The van der Waals surface area contributed by atoms with E-state index >= 15 is 0 Å².